The van der Waals surface area contributed by atoms with E-state index in [1.54, 1.807) is 0 Å². The molecular weight excluding hydrogens is 264 g/mol. The number of carbonyl (C=O) groups excluding carboxylic acids is 1. The second-order valence-corrected chi connectivity index (χ2v) is 5.41. The molecule has 0 saturated heterocycles. The van der Waals surface area contributed by atoms with Gasteiger partial charge in [0.15, 0.2) is 0 Å². The molecule has 21 heavy (non-hydrogen) atoms. The van der Waals surface area contributed by atoms with Gasteiger partial charge in [-0.05, 0) is 32.7 Å². The predicted molar refractivity (Wildman–Crippen MR) is 89.3 cm³/mol. The van der Waals surface area contributed by atoms with Crippen molar-refractivity contribution in [2.75, 3.05) is 26.2 Å². The number of rotatable bonds is 15. The Morgan fingerprint density at radius 1 is 0.952 bits per heavy atom. The molecule has 0 saturated carbocycles. The number of aliphatic hydroxyl groups excluding tert-OH is 1. The number of amides is 1. The Labute approximate surface area is 130 Å². The van der Waals surface area contributed by atoms with E-state index in [0.717, 1.165) is 38.9 Å². The third-order valence-corrected chi connectivity index (χ3v) is 3.41. The van der Waals surface area contributed by atoms with E-state index < -0.39 is 0 Å². The Morgan fingerprint density at radius 3 is 2.29 bits per heavy atom. The summed E-state index contributed by atoms with van der Waals surface area (Å²) >= 11 is 0. The normalized spacial score (nSPS) is 11.1. The molecule has 0 spiro atoms. The quantitative estimate of drug-likeness (QED) is 0.322. The molecule has 0 heterocycles. The van der Waals surface area contributed by atoms with Gasteiger partial charge in [0.1, 0.15) is 0 Å². The molecule has 0 bridgehead atoms. The summed E-state index contributed by atoms with van der Waals surface area (Å²) in [5, 5.41) is 14.9. The van der Waals surface area contributed by atoms with Gasteiger partial charge >= 0.3 is 0 Å². The second-order valence-electron chi connectivity index (χ2n) is 5.41. The van der Waals surface area contributed by atoms with Crippen LogP contribution < -0.4 is 10.6 Å². The molecular formula is C17H34N2O2. The summed E-state index contributed by atoms with van der Waals surface area (Å²) in [6.45, 7) is 4.90. The van der Waals surface area contributed by atoms with Crippen molar-refractivity contribution in [3.63, 3.8) is 0 Å². The molecule has 0 aliphatic rings. The van der Waals surface area contributed by atoms with Crippen molar-refractivity contribution in [1.82, 2.24) is 10.6 Å². The van der Waals surface area contributed by atoms with Crippen LogP contribution in [0.5, 0.6) is 0 Å². The Hall–Kier alpha value is -0.870. The fraction of sp³-hybridized carbons (Fsp3) is 0.824. The summed E-state index contributed by atoms with van der Waals surface area (Å²) in [4.78, 5) is 11.4. The van der Waals surface area contributed by atoms with E-state index in [0.29, 0.717) is 13.0 Å². The van der Waals surface area contributed by atoms with Gasteiger partial charge in [-0.2, -0.15) is 0 Å². The predicted octanol–water partition coefficient (Wildman–Crippen LogP) is 2.77. The van der Waals surface area contributed by atoms with Crippen molar-refractivity contribution in [3.8, 4) is 0 Å². The van der Waals surface area contributed by atoms with Crippen LogP contribution in [0.4, 0.5) is 0 Å². The molecule has 0 aromatic heterocycles. The van der Waals surface area contributed by atoms with Crippen molar-refractivity contribution in [3.05, 3.63) is 12.2 Å². The first-order valence-corrected chi connectivity index (χ1v) is 8.50. The van der Waals surface area contributed by atoms with E-state index in [1.165, 1.54) is 32.1 Å². The number of carbonyl (C=O) groups is 1. The van der Waals surface area contributed by atoms with Crippen molar-refractivity contribution >= 4 is 5.91 Å². The van der Waals surface area contributed by atoms with Crippen LogP contribution in [-0.4, -0.2) is 37.3 Å². The summed E-state index contributed by atoms with van der Waals surface area (Å²) in [5.41, 5.74) is 0. The molecule has 0 aromatic rings. The first-order chi connectivity index (χ1) is 10.3. The lowest BCUT2D eigenvalue weighted by molar-refractivity contribution is -0.120. The van der Waals surface area contributed by atoms with E-state index in [9.17, 15) is 4.79 Å². The maximum atomic E-state index is 11.4. The Kier molecular flexibility index (Phi) is 16.5. The monoisotopic (exact) mass is 298 g/mol. The minimum absolute atomic E-state index is 0.137. The zero-order valence-electron chi connectivity index (χ0n) is 13.7. The summed E-state index contributed by atoms with van der Waals surface area (Å²) in [6, 6.07) is 0. The first-order valence-electron chi connectivity index (χ1n) is 8.50. The van der Waals surface area contributed by atoms with Gasteiger partial charge in [-0.3, -0.25) is 4.79 Å². The third-order valence-electron chi connectivity index (χ3n) is 3.41. The van der Waals surface area contributed by atoms with Crippen LogP contribution in [0, 0.1) is 0 Å². The molecule has 0 unspecified atom stereocenters. The lowest BCUT2D eigenvalue weighted by Gasteiger charge is -2.06. The van der Waals surface area contributed by atoms with Crippen LogP contribution in [0.25, 0.3) is 0 Å². The van der Waals surface area contributed by atoms with Gasteiger partial charge in [-0.25, -0.2) is 0 Å². The lowest BCUT2D eigenvalue weighted by Crippen LogP contribution is -2.31. The van der Waals surface area contributed by atoms with Crippen molar-refractivity contribution in [2.24, 2.45) is 0 Å². The zero-order valence-corrected chi connectivity index (χ0v) is 13.7. The van der Waals surface area contributed by atoms with Crippen LogP contribution in [-0.2, 0) is 4.79 Å². The molecule has 0 atom stereocenters. The highest BCUT2D eigenvalue weighted by atomic mass is 16.2. The van der Waals surface area contributed by atoms with Gasteiger partial charge in [-0.15, -0.1) is 0 Å². The standard InChI is InChI=1S/C17H34N2O2/c1-2-3-9-12-17(21)19-15-14-18-13-10-7-5-4-6-8-11-16-20/h2-3,18,20H,4-16H2,1H3,(H,19,21)/b3-2+. The molecule has 0 aromatic carbocycles. The topological polar surface area (TPSA) is 61.4 Å². The molecule has 0 fully saturated rings. The number of aliphatic hydroxyl groups is 1. The molecule has 0 aliphatic heterocycles. The van der Waals surface area contributed by atoms with Crippen molar-refractivity contribution < 1.29 is 9.90 Å². The summed E-state index contributed by atoms with van der Waals surface area (Å²) in [5.74, 6) is 0.137. The van der Waals surface area contributed by atoms with E-state index in [1.807, 2.05) is 19.1 Å². The Balaban J connectivity index is 3.10. The molecule has 0 aliphatic carbocycles. The van der Waals surface area contributed by atoms with E-state index in [-0.39, 0.29) is 5.91 Å². The second kappa shape index (κ2) is 17.2. The maximum Gasteiger partial charge on any atom is 0.220 e. The Bertz CT molecular complexity index is 255. The number of hydrogen-bond acceptors (Lipinski definition) is 3. The highest BCUT2D eigenvalue weighted by molar-refractivity contribution is 5.75. The summed E-state index contributed by atoms with van der Waals surface area (Å²) in [6.07, 6.45) is 13.8. The minimum atomic E-state index is 0.137. The van der Waals surface area contributed by atoms with Gasteiger partial charge in [0, 0.05) is 26.1 Å². The zero-order chi connectivity index (χ0) is 15.6. The number of allylic oxidation sites excluding steroid dienone is 2. The van der Waals surface area contributed by atoms with Crippen LogP contribution in [0.15, 0.2) is 12.2 Å². The minimum Gasteiger partial charge on any atom is -0.396 e. The summed E-state index contributed by atoms with van der Waals surface area (Å²) in [7, 11) is 0. The van der Waals surface area contributed by atoms with Gasteiger partial charge in [0.05, 0.1) is 0 Å². The maximum absolute atomic E-state index is 11.4. The molecule has 4 heteroatoms. The molecule has 1 amide bonds. The van der Waals surface area contributed by atoms with Crippen molar-refractivity contribution in [2.45, 2.75) is 64.7 Å². The van der Waals surface area contributed by atoms with Crippen LogP contribution in [0.2, 0.25) is 0 Å². The fourth-order valence-corrected chi connectivity index (χ4v) is 2.13. The molecule has 4 nitrogen and oxygen atoms in total. The molecule has 0 radical (unpaired) electrons. The highest BCUT2D eigenvalue weighted by Gasteiger charge is 1.97. The lowest BCUT2D eigenvalue weighted by atomic mass is 10.1. The van der Waals surface area contributed by atoms with E-state index in [4.69, 9.17) is 5.11 Å². The molecule has 124 valence electrons. The summed E-state index contributed by atoms with van der Waals surface area (Å²) < 4.78 is 0. The average Bonchev–Trinajstić information content (AvgIpc) is 2.48. The van der Waals surface area contributed by atoms with Crippen molar-refractivity contribution in [1.29, 1.82) is 0 Å². The molecule has 3 N–H and O–H groups in total. The largest absolute Gasteiger partial charge is 0.396 e. The van der Waals surface area contributed by atoms with Gasteiger partial charge < -0.3 is 15.7 Å². The first kappa shape index (κ1) is 20.1. The Morgan fingerprint density at radius 2 is 1.62 bits per heavy atom. The van der Waals surface area contributed by atoms with Gasteiger partial charge in [0.25, 0.3) is 0 Å². The van der Waals surface area contributed by atoms with Crippen LogP contribution in [0.3, 0.4) is 0 Å². The van der Waals surface area contributed by atoms with Crippen LogP contribution >= 0.6 is 0 Å². The van der Waals surface area contributed by atoms with Crippen LogP contribution in [0.1, 0.15) is 64.7 Å². The SMILES string of the molecule is C/C=C/CCC(=O)NCCNCCCCCCCCCO. The number of hydrogen-bond donors (Lipinski definition) is 3. The smallest absolute Gasteiger partial charge is 0.220 e. The molecule has 0 rings (SSSR count). The van der Waals surface area contributed by atoms with E-state index >= 15 is 0 Å². The number of nitrogens with one attached hydrogen (secondary N) is 2. The van der Waals surface area contributed by atoms with Gasteiger partial charge in [-0.1, -0.05) is 44.3 Å². The fourth-order valence-electron chi connectivity index (χ4n) is 2.13. The van der Waals surface area contributed by atoms with Gasteiger partial charge in [0.2, 0.25) is 5.91 Å². The third kappa shape index (κ3) is 17.1. The number of unbranched alkanes of at least 4 members (excludes halogenated alkanes) is 6. The van der Waals surface area contributed by atoms with E-state index in [2.05, 4.69) is 10.6 Å². The highest BCUT2D eigenvalue weighted by Crippen LogP contribution is 2.06. The average molecular weight is 298 g/mol.